The number of carbonyl (C=O) groups excluding carboxylic acids is 2. The summed E-state index contributed by atoms with van der Waals surface area (Å²) in [5.74, 6) is -2.18. The SMILES string of the molecule is CC1=CC[C@@H](/C(C)=C/c2csc(C)n2)OC(=O)C[C@H](O)C(C)C(=O)[C@H](C)[C@@H](O)[C@@H](C)CCC1. The molecule has 0 radical (unpaired) electrons. The summed E-state index contributed by atoms with van der Waals surface area (Å²) in [5, 5.41) is 24.1. The Kier molecular flexibility index (Phi) is 10.5. The van der Waals surface area contributed by atoms with Crippen LogP contribution in [-0.4, -0.2) is 45.3 Å². The maximum Gasteiger partial charge on any atom is 0.309 e. The van der Waals surface area contributed by atoms with E-state index in [0.29, 0.717) is 6.42 Å². The van der Waals surface area contributed by atoms with Crippen LogP contribution in [0.25, 0.3) is 6.08 Å². The molecule has 0 saturated carbocycles. The number of rotatable bonds is 2. The molecular weight excluding hydrogens is 438 g/mol. The number of aromatic nitrogens is 1. The van der Waals surface area contributed by atoms with E-state index >= 15 is 0 Å². The van der Waals surface area contributed by atoms with E-state index in [9.17, 15) is 19.8 Å². The van der Waals surface area contributed by atoms with Crippen LogP contribution in [0.3, 0.4) is 0 Å². The number of aryl methyl sites for hydroxylation is 1. The van der Waals surface area contributed by atoms with E-state index in [4.69, 9.17) is 4.74 Å². The Morgan fingerprint density at radius 2 is 1.88 bits per heavy atom. The van der Waals surface area contributed by atoms with Crippen molar-refractivity contribution in [3.8, 4) is 0 Å². The zero-order valence-electron chi connectivity index (χ0n) is 20.7. The Balaban J connectivity index is 2.27. The fourth-order valence-electron chi connectivity index (χ4n) is 4.20. The first-order valence-electron chi connectivity index (χ1n) is 11.8. The molecule has 6 nitrogen and oxygen atoms in total. The third-order valence-corrected chi connectivity index (χ3v) is 7.44. The van der Waals surface area contributed by atoms with E-state index in [1.165, 1.54) is 5.57 Å². The van der Waals surface area contributed by atoms with Crippen LogP contribution in [-0.2, 0) is 14.3 Å². The molecule has 1 unspecified atom stereocenters. The molecule has 0 spiro atoms. The monoisotopic (exact) mass is 477 g/mol. The van der Waals surface area contributed by atoms with Gasteiger partial charge in [0.25, 0.3) is 0 Å². The molecule has 1 aliphatic rings. The summed E-state index contributed by atoms with van der Waals surface area (Å²) < 4.78 is 5.76. The van der Waals surface area contributed by atoms with Crippen LogP contribution in [0.2, 0.25) is 0 Å². The molecule has 184 valence electrons. The lowest BCUT2D eigenvalue weighted by molar-refractivity contribution is -0.151. The highest BCUT2D eigenvalue weighted by Crippen LogP contribution is 2.26. The van der Waals surface area contributed by atoms with Crippen molar-refractivity contribution < 1.29 is 24.5 Å². The Morgan fingerprint density at radius 1 is 1.18 bits per heavy atom. The van der Waals surface area contributed by atoms with Crippen molar-refractivity contribution in [3.63, 3.8) is 0 Å². The quantitative estimate of drug-likeness (QED) is 0.466. The number of esters is 1. The molecule has 1 aromatic heterocycles. The van der Waals surface area contributed by atoms with Crippen LogP contribution in [0.1, 0.15) is 77.4 Å². The fourth-order valence-corrected chi connectivity index (χ4v) is 4.77. The molecule has 7 heteroatoms. The molecule has 1 aliphatic heterocycles. The maximum atomic E-state index is 12.8. The molecule has 6 atom stereocenters. The lowest BCUT2D eigenvalue weighted by atomic mass is 9.81. The minimum atomic E-state index is -1.16. The van der Waals surface area contributed by atoms with Gasteiger partial charge >= 0.3 is 5.97 Å². The Bertz CT molecular complexity index is 874. The first-order valence-corrected chi connectivity index (χ1v) is 12.7. The van der Waals surface area contributed by atoms with Crippen molar-refractivity contribution in [2.75, 3.05) is 0 Å². The van der Waals surface area contributed by atoms with Crippen LogP contribution in [0, 0.1) is 24.7 Å². The van der Waals surface area contributed by atoms with Crippen molar-refractivity contribution in [2.45, 2.75) is 92.0 Å². The largest absolute Gasteiger partial charge is 0.457 e. The predicted octanol–water partition coefficient (Wildman–Crippen LogP) is 4.88. The van der Waals surface area contributed by atoms with Gasteiger partial charge in [-0.3, -0.25) is 9.59 Å². The van der Waals surface area contributed by atoms with Gasteiger partial charge in [-0.25, -0.2) is 4.98 Å². The molecule has 0 amide bonds. The Hall–Kier alpha value is -1.83. The van der Waals surface area contributed by atoms with Gasteiger partial charge in [0.2, 0.25) is 0 Å². The summed E-state index contributed by atoms with van der Waals surface area (Å²) in [6.45, 7) is 11.2. The Morgan fingerprint density at radius 3 is 2.52 bits per heavy atom. The highest BCUT2D eigenvalue weighted by atomic mass is 32.1. The molecule has 2 heterocycles. The van der Waals surface area contributed by atoms with Gasteiger partial charge in [-0.2, -0.15) is 0 Å². The normalized spacial score (nSPS) is 31.8. The molecule has 0 aliphatic carbocycles. The van der Waals surface area contributed by atoms with Crippen molar-refractivity contribution in [2.24, 2.45) is 17.8 Å². The van der Waals surface area contributed by atoms with Gasteiger partial charge < -0.3 is 14.9 Å². The average molecular weight is 478 g/mol. The van der Waals surface area contributed by atoms with Gasteiger partial charge in [0.15, 0.2) is 0 Å². The number of hydrogen-bond acceptors (Lipinski definition) is 7. The van der Waals surface area contributed by atoms with Gasteiger partial charge in [-0.1, -0.05) is 32.4 Å². The summed E-state index contributed by atoms with van der Waals surface area (Å²) in [7, 11) is 0. The topological polar surface area (TPSA) is 96.7 Å². The minimum absolute atomic E-state index is 0.0292. The number of hydrogen-bond donors (Lipinski definition) is 2. The number of ether oxygens (including phenoxy) is 1. The Labute approximate surface area is 201 Å². The molecule has 33 heavy (non-hydrogen) atoms. The smallest absolute Gasteiger partial charge is 0.309 e. The second-order valence-corrected chi connectivity index (χ2v) is 10.6. The van der Waals surface area contributed by atoms with Gasteiger partial charge in [0, 0.05) is 23.6 Å². The average Bonchev–Trinajstić information content (AvgIpc) is 3.17. The van der Waals surface area contributed by atoms with Crippen LogP contribution in [0.4, 0.5) is 0 Å². The lowest BCUT2D eigenvalue weighted by Crippen LogP contribution is -2.39. The van der Waals surface area contributed by atoms with Crippen LogP contribution in [0.5, 0.6) is 0 Å². The van der Waals surface area contributed by atoms with Crippen LogP contribution < -0.4 is 0 Å². The molecule has 2 rings (SSSR count). The summed E-state index contributed by atoms with van der Waals surface area (Å²) >= 11 is 1.56. The summed E-state index contributed by atoms with van der Waals surface area (Å²) in [6.07, 6.45) is 4.46. The molecule has 0 bridgehead atoms. The third kappa shape index (κ3) is 8.16. The van der Waals surface area contributed by atoms with E-state index in [1.54, 1.807) is 25.2 Å². The number of allylic oxidation sites excluding steroid dienone is 1. The third-order valence-electron chi connectivity index (χ3n) is 6.65. The number of aliphatic hydroxyl groups is 2. The zero-order chi connectivity index (χ0) is 24.7. The number of carbonyl (C=O) groups is 2. The molecular formula is C26H39NO5S. The fraction of sp³-hybridized carbons (Fsp3) is 0.654. The zero-order valence-corrected chi connectivity index (χ0v) is 21.5. The number of aliphatic hydroxyl groups excluding tert-OH is 2. The number of Topliss-reactive ketones (excluding diaryl/α,β-unsaturated/α-hetero) is 1. The van der Waals surface area contributed by atoms with Crippen molar-refractivity contribution in [1.29, 1.82) is 0 Å². The van der Waals surface area contributed by atoms with Crippen molar-refractivity contribution >= 4 is 29.2 Å². The highest BCUT2D eigenvalue weighted by molar-refractivity contribution is 7.09. The summed E-state index contributed by atoms with van der Waals surface area (Å²) in [5.41, 5.74) is 2.90. The lowest BCUT2D eigenvalue weighted by Gasteiger charge is -2.28. The molecule has 0 fully saturated rings. The highest BCUT2D eigenvalue weighted by Gasteiger charge is 2.34. The number of ketones is 1. The van der Waals surface area contributed by atoms with E-state index in [-0.39, 0.29) is 18.1 Å². The summed E-state index contributed by atoms with van der Waals surface area (Å²) in [6, 6.07) is 0. The second-order valence-electron chi connectivity index (χ2n) is 9.56. The van der Waals surface area contributed by atoms with E-state index in [2.05, 4.69) is 18.0 Å². The number of thiazole rings is 1. The standard InChI is InChI=1S/C26H39NO5S/c1-15-8-7-9-16(2)25(30)19(5)26(31)18(4)22(28)13-24(29)32-23(11-10-15)17(3)12-21-14-33-20(6)27-21/h10,12,14,16,18-19,22-23,25,28,30H,7-9,11,13H2,1-6H3/b15-10?,17-12+/t16-,18?,19+,22-,23-,25-/m0/s1. The minimum Gasteiger partial charge on any atom is -0.457 e. The molecule has 1 aromatic rings. The first-order chi connectivity index (χ1) is 15.5. The van der Waals surface area contributed by atoms with Gasteiger partial charge in [-0.15, -0.1) is 11.3 Å². The number of cyclic esters (lactones) is 1. The van der Waals surface area contributed by atoms with E-state index in [0.717, 1.165) is 35.5 Å². The second kappa shape index (κ2) is 12.6. The molecule has 0 saturated heterocycles. The van der Waals surface area contributed by atoms with Crippen molar-refractivity contribution in [1.82, 2.24) is 4.98 Å². The first kappa shape index (κ1) is 27.4. The van der Waals surface area contributed by atoms with E-state index < -0.39 is 36.1 Å². The predicted molar refractivity (Wildman–Crippen MR) is 132 cm³/mol. The van der Waals surface area contributed by atoms with Crippen LogP contribution >= 0.6 is 11.3 Å². The van der Waals surface area contributed by atoms with Crippen molar-refractivity contribution in [3.05, 3.63) is 33.3 Å². The van der Waals surface area contributed by atoms with E-state index in [1.807, 2.05) is 32.2 Å². The molecule has 2 N–H and O–H groups in total. The summed E-state index contributed by atoms with van der Waals surface area (Å²) in [4.78, 5) is 30.0. The van der Waals surface area contributed by atoms with Gasteiger partial charge in [-0.05, 0) is 57.6 Å². The van der Waals surface area contributed by atoms with Gasteiger partial charge in [0.05, 0.1) is 29.3 Å². The molecule has 0 aromatic carbocycles. The van der Waals surface area contributed by atoms with Crippen LogP contribution in [0.15, 0.2) is 22.6 Å². The number of nitrogens with zero attached hydrogens (tertiary/aromatic N) is 1. The van der Waals surface area contributed by atoms with Gasteiger partial charge in [0.1, 0.15) is 11.9 Å². The maximum absolute atomic E-state index is 12.8.